The molecule has 0 saturated carbocycles. The molecule has 1 aliphatic heterocycles. The minimum atomic E-state index is -0.563. The van der Waals surface area contributed by atoms with E-state index >= 15 is 0 Å². The highest BCUT2D eigenvalue weighted by Crippen LogP contribution is 2.55. The van der Waals surface area contributed by atoms with E-state index in [4.69, 9.17) is 32.7 Å². The third kappa shape index (κ3) is 5.82. The van der Waals surface area contributed by atoms with Crippen molar-refractivity contribution in [2.45, 2.75) is 59.3 Å². The largest absolute Gasteiger partial charge is 0.493 e. The molecule has 0 radical (unpaired) electrons. The zero-order valence-corrected chi connectivity index (χ0v) is 26.3. The molecular formula is C33H36Cl2N2O5. The molecule has 0 bridgehead atoms. The van der Waals surface area contributed by atoms with Gasteiger partial charge in [0.2, 0.25) is 0 Å². The zero-order valence-electron chi connectivity index (χ0n) is 24.8. The number of halogens is 2. The number of Topliss-reactive ketones (excluding diaryl/α,β-unsaturated/α-hetero) is 2. The van der Waals surface area contributed by atoms with Gasteiger partial charge in [-0.15, -0.1) is 0 Å². The maximum atomic E-state index is 13.8. The summed E-state index contributed by atoms with van der Waals surface area (Å²) in [5.41, 5.74) is 4.10. The Morgan fingerprint density at radius 1 is 0.929 bits per heavy atom. The van der Waals surface area contributed by atoms with E-state index in [9.17, 15) is 14.4 Å². The third-order valence-electron chi connectivity index (χ3n) is 8.24. The smallest absolute Gasteiger partial charge is 0.262 e. The van der Waals surface area contributed by atoms with E-state index in [1.165, 1.54) is 7.11 Å². The van der Waals surface area contributed by atoms with Gasteiger partial charge >= 0.3 is 0 Å². The average Bonchev–Trinajstić information content (AvgIpc) is 2.89. The molecular weight excluding hydrogens is 575 g/mol. The molecule has 2 aliphatic carbocycles. The Labute approximate surface area is 256 Å². The first kappa shape index (κ1) is 30.2. The van der Waals surface area contributed by atoms with Crippen molar-refractivity contribution in [3.8, 4) is 11.5 Å². The van der Waals surface area contributed by atoms with Crippen molar-refractivity contribution in [1.29, 1.82) is 0 Å². The number of nitrogens with one attached hydrogen (secondary N) is 1. The van der Waals surface area contributed by atoms with Gasteiger partial charge in [-0.2, -0.15) is 0 Å². The molecule has 1 heterocycles. The number of benzene rings is 2. The highest BCUT2D eigenvalue weighted by molar-refractivity contribution is 6.32. The van der Waals surface area contributed by atoms with Gasteiger partial charge in [0.15, 0.2) is 29.7 Å². The minimum Gasteiger partial charge on any atom is -0.493 e. The van der Waals surface area contributed by atoms with Gasteiger partial charge in [0.1, 0.15) is 0 Å². The second kappa shape index (κ2) is 11.1. The standard InChI is InChI=1S/C33H36Cl2N2O5/c1-32(2)13-22-29(24(38)15-32)28(30-23(37(22)5)14-33(3,4)16-25(30)39)18-11-21(35)31(26(12-18)41-6)42-17-27(40)36-20-9-7-19(34)8-10-20/h7-12,28H,13-17H2,1-6H3,(H,36,40). The van der Waals surface area contributed by atoms with Crippen LogP contribution >= 0.6 is 23.2 Å². The van der Waals surface area contributed by atoms with Gasteiger partial charge in [0, 0.05) is 59.1 Å². The Hall–Kier alpha value is -3.29. The van der Waals surface area contributed by atoms with E-state index in [0.29, 0.717) is 46.0 Å². The fraction of sp³-hybridized carbons (Fsp3) is 0.424. The van der Waals surface area contributed by atoms with Crippen LogP contribution in [0, 0.1) is 10.8 Å². The van der Waals surface area contributed by atoms with Crippen LogP contribution < -0.4 is 14.8 Å². The maximum Gasteiger partial charge on any atom is 0.262 e. The summed E-state index contributed by atoms with van der Waals surface area (Å²) in [5.74, 6) is -0.352. The molecule has 9 heteroatoms. The summed E-state index contributed by atoms with van der Waals surface area (Å²) in [5, 5.41) is 3.54. The maximum absolute atomic E-state index is 13.8. The fourth-order valence-electron chi connectivity index (χ4n) is 6.41. The van der Waals surface area contributed by atoms with Crippen LogP contribution in [0.1, 0.15) is 64.9 Å². The molecule has 2 aromatic rings. The Morgan fingerprint density at radius 3 is 2.00 bits per heavy atom. The van der Waals surface area contributed by atoms with Gasteiger partial charge < -0.3 is 19.7 Å². The topological polar surface area (TPSA) is 84.9 Å². The lowest BCUT2D eigenvalue weighted by molar-refractivity contribution is -0.120. The molecule has 222 valence electrons. The van der Waals surface area contributed by atoms with Crippen LogP contribution in [0.15, 0.2) is 58.9 Å². The molecule has 0 saturated heterocycles. The molecule has 0 atom stereocenters. The number of amides is 1. The van der Waals surface area contributed by atoms with Crippen molar-refractivity contribution in [3.63, 3.8) is 0 Å². The summed E-state index contributed by atoms with van der Waals surface area (Å²) in [4.78, 5) is 42.2. The Balaban J connectivity index is 1.53. The summed E-state index contributed by atoms with van der Waals surface area (Å²) >= 11 is 12.7. The third-order valence-corrected chi connectivity index (χ3v) is 8.77. The van der Waals surface area contributed by atoms with E-state index in [1.807, 2.05) is 7.05 Å². The predicted molar refractivity (Wildman–Crippen MR) is 164 cm³/mol. The van der Waals surface area contributed by atoms with Crippen LogP contribution in [0.4, 0.5) is 5.69 Å². The summed E-state index contributed by atoms with van der Waals surface area (Å²) in [7, 11) is 3.46. The van der Waals surface area contributed by atoms with Crippen molar-refractivity contribution < 1.29 is 23.9 Å². The van der Waals surface area contributed by atoms with Crippen molar-refractivity contribution >= 4 is 46.4 Å². The van der Waals surface area contributed by atoms with Gasteiger partial charge in [0.25, 0.3) is 5.91 Å². The number of carbonyl (C=O) groups is 3. The number of nitrogens with zero attached hydrogens (tertiary/aromatic N) is 1. The highest BCUT2D eigenvalue weighted by atomic mass is 35.5. The van der Waals surface area contributed by atoms with Crippen molar-refractivity contribution in [3.05, 3.63) is 74.5 Å². The van der Waals surface area contributed by atoms with E-state index in [-0.39, 0.29) is 45.7 Å². The Bertz CT molecular complexity index is 1480. The average molecular weight is 612 g/mol. The van der Waals surface area contributed by atoms with Crippen LogP contribution in [-0.4, -0.2) is 43.1 Å². The predicted octanol–water partition coefficient (Wildman–Crippen LogP) is 7.33. The summed E-state index contributed by atoms with van der Waals surface area (Å²) in [6.45, 7) is 8.11. The highest BCUT2D eigenvalue weighted by Gasteiger charge is 2.48. The number of hydrogen-bond donors (Lipinski definition) is 1. The molecule has 0 aromatic heterocycles. The minimum absolute atomic E-state index is 0.0385. The van der Waals surface area contributed by atoms with Gasteiger partial charge in [-0.05, 0) is 65.6 Å². The van der Waals surface area contributed by atoms with Crippen molar-refractivity contribution in [1.82, 2.24) is 4.90 Å². The van der Waals surface area contributed by atoms with Gasteiger partial charge in [-0.25, -0.2) is 0 Å². The van der Waals surface area contributed by atoms with Crippen LogP contribution in [0.2, 0.25) is 10.0 Å². The number of hydrogen-bond acceptors (Lipinski definition) is 6. The molecule has 0 unspecified atom stereocenters. The number of ether oxygens (including phenoxy) is 2. The molecule has 0 spiro atoms. The van der Waals surface area contributed by atoms with Crippen molar-refractivity contribution in [2.75, 3.05) is 26.1 Å². The lowest BCUT2D eigenvalue weighted by atomic mass is 9.63. The van der Waals surface area contributed by atoms with Crippen molar-refractivity contribution in [2.24, 2.45) is 10.8 Å². The first-order valence-electron chi connectivity index (χ1n) is 14.0. The van der Waals surface area contributed by atoms with Gasteiger partial charge in [-0.1, -0.05) is 50.9 Å². The number of ketones is 2. The molecule has 2 aromatic carbocycles. The number of carbonyl (C=O) groups excluding carboxylic acids is 3. The first-order valence-corrected chi connectivity index (χ1v) is 14.8. The molecule has 0 fully saturated rings. The van der Waals surface area contributed by atoms with E-state index in [1.54, 1.807) is 36.4 Å². The molecule has 5 rings (SSSR count). The second-order valence-electron chi connectivity index (χ2n) is 13.0. The number of methoxy groups -OCH3 is 1. The van der Waals surface area contributed by atoms with Gasteiger partial charge in [-0.3, -0.25) is 14.4 Å². The molecule has 42 heavy (non-hydrogen) atoms. The van der Waals surface area contributed by atoms with E-state index in [0.717, 1.165) is 24.2 Å². The summed E-state index contributed by atoms with van der Waals surface area (Å²) in [6, 6.07) is 10.2. The number of allylic oxidation sites excluding steroid dienone is 4. The Morgan fingerprint density at radius 2 is 1.48 bits per heavy atom. The lowest BCUT2D eigenvalue weighted by Gasteiger charge is -2.48. The Kier molecular flexibility index (Phi) is 7.96. The fourth-order valence-corrected chi connectivity index (χ4v) is 6.81. The van der Waals surface area contributed by atoms with Crippen LogP contribution in [-0.2, 0) is 14.4 Å². The molecule has 7 nitrogen and oxygen atoms in total. The van der Waals surface area contributed by atoms with E-state index < -0.39 is 5.92 Å². The lowest BCUT2D eigenvalue weighted by Crippen LogP contribution is -2.43. The second-order valence-corrected chi connectivity index (χ2v) is 13.8. The van der Waals surface area contributed by atoms with Gasteiger partial charge in [0.05, 0.1) is 12.1 Å². The van der Waals surface area contributed by atoms with E-state index in [2.05, 4.69) is 37.9 Å². The molecule has 1 N–H and O–H groups in total. The SMILES string of the molecule is COc1cc(C2C3=C(CC(C)(C)CC3=O)N(C)C3=C2C(=O)CC(C)(C)C3)cc(Cl)c1OCC(=O)Nc1ccc(Cl)cc1. The first-order chi connectivity index (χ1) is 19.7. The van der Waals surface area contributed by atoms with Crippen LogP contribution in [0.3, 0.4) is 0 Å². The van der Waals surface area contributed by atoms with Crippen LogP contribution in [0.25, 0.3) is 0 Å². The zero-order chi connectivity index (χ0) is 30.6. The molecule has 1 amide bonds. The monoisotopic (exact) mass is 610 g/mol. The normalized spacial score (nSPS) is 19.9. The quantitative estimate of drug-likeness (QED) is 0.368. The number of rotatable bonds is 6. The van der Waals surface area contributed by atoms with Crippen LogP contribution in [0.5, 0.6) is 11.5 Å². The summed E-state index contributed by atoms with van der Waals surface area (Å²) in [6.07, 6.45) is 2.24. The summed E-state index contributed by atoms with van der Waals surface area (Å²) < 4.78 is 11.5. The molecule has 3 aliphatic rings. The number of anilines is 1.